The SMILES string of the molecule is COc1c(OCc2ccccc2)cc2oc3cc(O)c(CCC(C)C)c(O)c3c(=O)c2c1CCC(C)C. The van der Waals surface area contributed by atoms with Crippen molar-refractivity contribution in [2.75, 3.05) is 7.11 Å². The highest BCUT2D eigenvalue weighted by molar-refractivity contribution is 5.97. The first-order valence-corrected chi connectivity index (χ1v) is 12.9. The zero-order valence-electron chi connectivity index (χ0n) is 22.3. The zero-order valence-corrected chi connectivity index (χ0v) is 22.3. The molecule has 0 fully saturated rings. The highest BCUT2D eigenvalue weighted by Crippen LogP contribution is 2.42. The predicted molar refractivity (Wildman–Crippen MR) is 147 cm³/mol. The van der Waals surface area contributed by atoms with E-state index in [1.165, 1.54) is 6.07 Å². The van der Waals surface area contributed by atoms with Gasteiger partial charge in [0.05, 0.1) is 12.5 Å². The molecule has 0 unspecified atom stereocenters. The molecule has 0 bridgehead atoms. The van der Waals surface area contributed by atoms with Gasteiger partial charge in [0.1, 0.15) is 34.7 Å². The molecular formula is C31H36O6. The molecule has 37 heavy (non-hydrogen) atoms. The first-order valence-electron chi connectivity index (χ1n) is 12.9. The number of phenols is 2. The standard InChI is InChI=1S/C31H36O6/c1-18(2)11-13-21-23(32)15-24-28(29(21)33)30(34)27-22(14-12-19(3)4)31(35-5)26(16-25(27)37-24)36-17-20-9-7-6-8-10-20/h6-10,15-16,18-19,32-33H,11-14,17H2,1-5H3. The molecule has 4 rings (SSSR count). The topological polar surface area (TPSA) is 89.1 Å². The number of rotatable bonds is 10. The lowest BCUT2D eigenvalue weighted by molar-refractivity contribution is 0.283. The van der Waals surface area contributed by atoms with Crippen molar-refractivity contribution >= 4 is 21.9 Å². The molecule has 0 radical (unpaired) electrons. The lowest BCUT2D eigenvalue weighted by Gasteiger charge is -2.18. The Hall–Kier alpha value is -3.67. The van der Waals surface area contributed by atoms with Crippen LogP contribution in [0.15, 0.2) is 51.7 Å². The molecular weight excluding hydrogens is 468 g/mol. The smallest absolute Gasteiger partial charge is 0.204 e. The van der Waals surface area contributed by atoms with Crippen molar-refractivity contribution in [3.8, 4) is 23.0 Å². The van der Waals surface area contributed by atoms with Crippen LogP contribution in [0.1, 0.15) is 57.2 Å². The van der Waals surface area contributed by atoms with E-state index in [1.54, 1.807) is 13.2 Å². The van der Waals surface area contributed by atoms with Crippen LogP contribution in [-0.4, -0.2) is 17.3 Å². The van der Waals surface area contributed by atoms with Crippen LogP contribution in [0, 0.1) is 11.8 Å². The largest absolute Gasteiger partial charge is 0.507 e. The minimum atomic E-state index is -0.341. The Morgan fingerprint density at radius 3 is 2.11 bits per heavy atom. The van der Waals surface area contributed by atoms with Gasteiger partial charge in [-0.2, -0.15) is 0 Å². The van der Waals surface area contributed by atoms with E-state index in [2.05, 4.69) is 27.7 Å². The third-order valence-corrected chi connectivity index (χ3v) is 6.71. The van der Waals surface area contributed by atoms with Crippen molar-refractivity contribution in [3.05, 3.63) is 69.4 Å². The van der Waals surface area contributed by atoms with Gasteiger partial charge in [0.2, 0.25) is 5.43 Å². The van der Waals surface area contributed by atoms with Crippen LogP contribution in [-0.2, 0) is 19.4 Å². The van der Waals surface area contributed by atoms with Gasteiger partial charge < -0.3 is 24.1 Å². The molecule has 6 heteroatoms. The summed E-state index contributed by atoms with van der Waals surface area (Å²) in [7, 11) is 1.57. The van der Waals surface area contributed by atoms with Crippen LogP contribution in [0.4, 0.5) is 0 Å². The molecule has 0 atom stereocenters. The van der Waals surface area contributed by atoms with Gasteiger partial charge in [-0.15, -0.1) is 0 Å². The summed E-state index contributed by atoms with van der Waals surface area (Å²) in [5, 5.41) is 22.2. The van der Waals surface area contributed by atoms with Crippen molar-refractivity contribution in [3.63, 3.8) is 0 Å². The summed E-state index contributed by atoms with van der Waals surface area (Å²) < 4.78 is 18.1. The first kappa shape index (κ1) is 26.4. The molecule has 0 aliphatic carbocycles. The van der Waals surface area contributed by atoms with Gasteiger partial charge in [-0.05, 0) is 43.1 Å². The van der Waals surface area contributed by atoms with Crippen molar-refractivity contribution in [1.82, 2.24) is 0 Å². The molecule has 1 aromatic heterocycles. The van der Waals surface area contributed by atoms with Gasteiger partial charge in [-0.25, -0.2) is 0 Å². The second-order valence-corrected chi connectivity index (χ2v) is 10.4. The maximum Gasteiger partial charge on any atom is 0.204 e. The third kappa shape index (κ3) is 5.53. The van der Waals surface area contributed by atoms with E-state index < -0.39 is 0 Å². The Labute approximate surface area is 217 Å². The lowest BCUT2D eigenvalue weighted by atomic mass is 9.95. The Morgan fingerprint density at radius 2 is 1.49 bits per heavy atom. The number of fused-ring (bicyclic) bond motifs is 2. The highest BCUT2D eigenvalue weighted by atomic mass is 16.5. The number of phenolic OH excluding ortho intramolecular Hbond substituents is 2. The molecule has 196 valence electrons. The molecule has 6 nitrogen and oxygen atoms in total. The average Bonchev–Trinajstić information content (AvgIpc) is 2.85. The predicted octanol–water partition coefficient (Wildman–Crippen LogP) is 7.12. The Balaban J connectivity index is 1.94. The van der Waals surface area contributed by atoms with Crippen LogP contribution in [0.25, 0.3) is 21.9 Å². The van der Waals surface area contributed by atoms with E-state index in [0.29, 0.717) is 64.9 Å². The summed E-state index contributed by atoms with van der Waals surface area (Å²) in [5.74, 6) is 1.45. The van der Waals surface area contributed by atoms with E-state index in [0.717, 1.165) is 18.4 Å². The molecule has 0 saturated carbocycles. The normalized spacial score (nSPS) is 11.6. The molecule has 2 N–H and O–H groups in total. The Morgan fingerprint density at radius 1 is 0.865 bits per heavy atom. The zero-order chi connectivity index (χ0) is 26.7. The number of ether oxygens (including phenoxy) is 2. The van der Waals surface area contributed by atoms with Crippen LogP contribution >= 0.6 is 0 Å². The maximum absolute atomic E-state index is 13.9. The Kier molecular flexibility index (Phi) is 7.96. The van der Waals surface area contributed by atoms with Gasteiger partial charge in [0.25, 0.3) is 0 Å². The molecule has 0 aliphatic heterocycles. The molecule has 0 aliphatic rings. The van der Waals surface area contributed by atoms with E-state index >= 15 is 0 Å². The van der Waals surface area contributed by atoms with Crippen LogP contribution in [0.2, 0.25) is 0 Å². The van der Waals surface area contributed by atoms with Crippen molar-refractivity contribution in [1.29, 1.82) is 0 Å². The van der Waals surface area contributed by atoms with Crippen LogP contribution in [0.3, 0.4) is 0 Å². The second kappa shape index (κ2) is 11.2. The van der Waals surface area contributed by atoms with Gasteiger partial charge in [0, 0.05) is 23.3 Å². The minimum Gasteiger partial charge on any atom is -0.507 e. The van der Waals surface area contributed by atoms with Crippen molar-refractivity contribution in [2.24, 2.45) is 11.8 Å². The number of benzene rings is 3. The van der Waals surface area contributed by atoms with Gasteiger partial charge in [-0.3, -0.25) is 4.79 Å². The average molecular weight is 505 g/mol. The van der Waals surface area contributed by atoms with E-state index in [9.17, 15) is 15.0 Å². The molecule has 0 amide bonds. The second-order valence-electron chi connectivity index (χ2n) is 10.4. The van der Waals surface area contributed by atoms with Crippen LogP contribution in [0.5, 0.6) is 23.0 Å². The van der Waals surface area contributed by atoms with Crippen molar-refractivity contribution in [2.45, 2.75) is 60.0 Å². The molecule has 4 aromatic rings. The summed E-state index contributed by atoms with van der Waals surface area (Å²) in [5.41, 5.74) is 2.18. The minimum absolute atomic E-state index is 0.0786. The highest BCUT2D eigenvalue weighted by Gasteiger charge is 2.24. The summed E-state index contributed by atoms with van der Waals surface area (Å²) in [6.45, 7) is 8.71. The fourth-order valence-electron chi connectivity index (χ4n) is 4.63. The number of aromatic hydroxyl groups is 2. The lowest BCUT2D eigenvalue weighted by Crippen LogP contribution is -2.10. The molecule has 0 spiro atoms. The van der Waals surface area contributed by atoms with Crippen molar-refractivity contribution < 1.29 is 24.1 Å². The first-order chi connectivity index (χ1) is 17.7. The number of aryl methyl sites for hydroxylation is 1. The number of hydrogen-bond acceptors (Lipinski definition) is 6. The number of methoxy groups -OCH3 is 1. The fraction of sp³-hybridized carbons (Fsp3) is 0.387. The van der Waals surface area contributed by atoms with Gasteiger partial charge in [-0.1, -0.05) is 58.0 Å². The van der Waals surface area contributed by atoms with E-state index in [-0.39, 0.29) is 27.9 Å². The molecule has 1 heterocycles. The summed E-state index contributed by atoms with van der Waals surface area (Å²) >= 11 is 0. The molecule has 0 saturated heterocycles. The molecule has 3 aromatic carbocycles. The van der Waals surface area contributed by atoms with E-state index in [1.807, 2.05) is 30.3 Å². The summed E-state index contributed by atoms with van der Waals surface area (Å²) in [4.78, 5) is 13.9. The monoisotopic (exact) mass is 504 g/mol. The maximum atomic E-state index is 13.9. The Bertz CT molecular complexity index is 1450. The van der Waals surface area contributed by atoms with Gasteiger partial charge >= 0.3 is 0 Å². The third-order valence-electron chi connectivity index (χ3n) is 6.71. The quantitative estimate of drug-likeness (QED) is 0.224. The van der Waals surface area contributed by atoms with Crippen LogP contribution < -0.4 is 14.9 Å². The van der Waals surface area contributed by atoms with Gasteiger partial charge in [0.15, 0.2) is 11.5 Å². The number of hydrogen-bond donors (Lipinski definition) is 2. The summed E-state index contributed by atoms with van der Waals surface area (Å²) in [6, 6.07) is 12.9. The fourth-order valence-corrected chi connectivity index (χ4v) is 4.63. The summed E-state index contributed by atoms with van der Waals surface area (Å²) in [6.07, 6.45) is 2.63. The van der Waals surface area contributed by atoms with E-state index in [4.69, 9.17) is 13.9 Å².